The molecule has 1 heteroatoms. The van der Waals surface area contributed by atoms with Crippen molar-refractivity contribution in [3.63, 3.8) is 0 Å². The van der Waals surface area contributed by atoms with E-state index in [0.717, 1.165) is 12.0 Å². The second-order valence-corrected chi connectivity index (χ2v) is 4.50. The first-order valence-corrected chi connectivity index (χ1v) is 5.99. The molecule has 0 aliphatic carbocycles. The number of piperidine rings is 1. The van der Waals surface area contributed by atoms with E-state index in [4.69, 9.17) is 0 Å². The standard InChI is InChI=1S/C12H25N/c1-4-8-11(5-2)12-9-6-7-10-13(12)3/h11-12H,4-10H2,1-3H3. The summed E-state index contributed by atoms with van der Waals surface area (Å²) in [5.74, 6) is 0.954. The highest BCUT2D eigenvalue weighted by Gasteiger charge is 2.25. The van der Waals surface area contributed by atoms with Crippen LogP contribution in [0.25, 0.3) is 0 Å². The summed E-state index contributed by atoms with van der Waals surface area (Å²) in [6.07, 6.45) is 8.44. The Bertz CT molecular complexity index is 133. The SMILES string of the molecule is CCCC(CC)C1CCCCN1C. The summed E-state index contributed by atoms with van der Waals surface area (Å²) in [7, 11) is 2.31. The molecule has 1 rings (SSSR count). The fraction of sp³-hybridized carbons (Fsp3) is 1.00. The van der Waals surface area contributed by atoms with Crippen LogP contribution in [0, 0.1) is 5.92 Å². The monoisotopic (exact) mass is 183 g/mol. The first kappa shape index (κ1) is 11.0. The number of nitrogens with zero attached hydrogens (tertiary/aromatic N) is 1. The quantitative estimate of drug-likeness (QED) is 0.646. The van der Waals surface area contributed by atoms with E-state index in [1.165, 1.54) is 45.1 Å². The van der Waals surface area contributed by atoms with E-state index in [1.54, 1.807) is 0 Å². The van der Waals surface area contributed by atoms with Crippen molar-refractivity contribution >= 4 is 0 Å². The van der Waals surface area contributed by atoms with Crippen molar-refractivity contribution in [3.05, 3.63) is 0 Å². The van der Waals surface area contributed by atoms with E-state index >= 15 is 0 Å². The van der Waals surface area contributed by atoms with Crippen LogP contribution in [-0.2, 0) is 0 Å². The summed E-state index contributed by atoms with van der Waals surface area (Å²) in [6.45, 7) is 5.99. The third kappa shape index (κ3) is 2.98. The second kappa shape index (κ2) is 5.64. The Morgan fingerprint density at radius 1 is 1.31 bits per heavy atom. The molecule has 0 spiro atoms. The summed E-state index contributed by atoms with van der Waals surface area (Å²) in [4.78, 5) is 2.59. The summed E-state index contributed by atoms with van der Waals surface area (Å²) in [5.41, 5.74) is 0. The highest BCUT2D eigenvalue weighted by molar-refractivity contribution is 4.80. The smallest absolute Gasteiger partial charge is 0.0120 e. The van der Waals surface area contributed by atoms with Gasteiger partial charge in [-0.1, -0.05) is 33.1 Å². The molecule has 0 saturated carbocycles. The third-order valence-electron chi connectivity index (χ3n) is 3.55. The average molecular weight is 183 g/mol. The maximum Gasteiger partial charge on any atom is 0.0120 e. The van der Waals surface area contributed by atoms with Gasteiger partial charge in [0.25, 0.3) is 0 Å². The van der Waals surface area contributed by atoms with E-state index in [-0.39, 0.29) is 0 Å². The first-order valence-electron chi connectivity index (χ1n) is 5.99. The zero-order chi connectivity index (χ0) is 9.68. The molecule has 78 valence electrons. The van der Waals surface area contributed by atoms with E-state index in [0.29, 0.717) is 0 Å². The lowest BCUT2D eigenvalue weighted by atomic mass is 9.86. The van der Waals surface area contributed by atoms with Gasteiger partial charge in [-0.15, -0.1) is 0 Å². The molecule has 0 amide bonds. The van der Waals surface area contributed by atoms with Crippen molar-refractivity contribution in [1.82, 2.24) is 4.90 Å². The Balaban J connectivity index is 2.44. The van der Waals surface area contributed by atoms with E-state index in [2.05, 4.69) is 25.8 Å². The molecule has 1 aliphatic rings. The summed E-state index contributed by atoms with van der Waals surface area (Å²) in [5, 5.41) is 0. The molecule has 0 aromatic heterocycles. The van der Waals surface area contributed by atoms with Gasteiger partial charge in [-0.05, 0) is 38.8 Å². The van der Waals surface area contributed by atoms with Gasteiger partial charge in [0.05, 0.1) is 0 Å². The predicted molar refractivity (Wildman–Crippen MR) is 59.0 cm³/mol. The molecular formula is C12H25N. The Kier molecular flexibility index (Phi) is 4.79. The van der Waals surface area contributed by atoms with Gasteiger partial charge in [-0.25, -0.2) is 0 Å². The molecule has 0 radical (unpaired) electrons. The van der Waals surface area contributed by atoms with Crippen molar-refractivity contribution in [2.24, 2.45) is 5.92 Å². The Hall–Kier alpha value is -0.0400. The van der Waals surface area contributed by atoms with Gasteiger partial charge in [0, 0.05) is 6.04 Å². The number of rotatable bonds is 4. The topological polar surface area (TPSA) is 3.24 Å². The van der Waals surface area contributed by atoms with Crippen LogP contribution in [0.3, 0.4) is 0 Å². The summed E-state index contributed by atoms with van der Waals surface area (Å²) in [6, 6.07) is 0.888. The van der Waals surface area contributed by atoms with Gasteiger partial charge in [0.2, 0.25) is 0 Å². The van der Waals surface area contributed by atoms with Crippen molar-refractivity contribution in [3.8, 4) is 0 Å². The predicted octanol–water partition coefficient (Wildman–Crippen LogP) is 3.30. The van der Waals surface area contributed by atoms with Crippen LogP contribution in [0.2, 0.25) is 0 Å². The molecular weight excluding hydrogens is 158 g/mol. The number of hydrogen-bond donors (Lipinski definition) is 0. The van der Waals surface area contributed by atoms with Crippen molar-refractivity contribution in [2.75, 3.05) is 13.6 Å². The fourth-order valence-electron chi connectivity index (χ4n) is 2.74. The molecule has 1 heterocycles. The second-order valence-electron chi connectivity index (χ2n) is 4.50. The van der Waals surface area contributed by atoms with Gasteiger partial charge in [0.15, 0.2) is 0 Å². The molecule has 1 nitrogen and oxygen atoms in total. The minimum atomic E-state index is 0.888. The number of hydrogen-bond acceptors (Lipinski definition) is 1. The highest BCUT2D eigenvalue weighted by Crippen LogP contribution is 2.27. The zero-order valence-electron chi connectivity index (χ0n) is 9.55. The molecule has 0 aromatic carbocycles. The molecule has 2 unspecified atom stereocenters. The summed E-state index contributed by atoms with van der Waals surface area (Å²) < 4.78 is 0. The van der Waals surface area contributed by atoms with E-state index < -0.39 is 0 Å². The normalized spacial score (nSPS) is 27.5. The first-order chi connectivity index (χ1) is 6.29. The fourth-order valence-corrected chi connectivity index (χ4v) is 2.74. The van der Waals surface area contributed by atoms with Gasteiger partial charge < -0.3 is 4.90 Å². The Labute approximate surface area is 83.5 Å². The van der Waals surface area contributed by atoms with Crippen LogP contribution >= 0.6 is 0 Å². The van der Waals surface area contributed by atoms with Gasteiger partial charge >= 0.3 is 0 Å². The molecule has 1 fully saturated rings. The van der Waals surface area contributed by atoms with Gasteiger partial charge in [0.1, 0.15) is 0 Å². The number of likely N-dealkylation sites (tertiary alicyclic amines) is 1. The molecule has 0 aromatic rings. The zero-order valence-corrected chi connectivity index (χ0v) is 9.55. The van der Waals surface area contributed by atoms with Crippen molar-refractivity contribution in [1.29, 1.82) is 0 Å². The highest BCUT2D eigenvalue weighted by atomic mass is 15.1. The van der Waals surface area contributed by atoms with Crippen LogP contribution in [-0.4, -0.2) is 24.5 Å². The van der Waals surface area contributed by atoms with Crippen LogP contribution in [0.4, 0.5) is 0 Å². The van der Waals surface area contributed by atoms with E-state index in [1.807, 2.05) is 0 Å². The molecule has 0 N–H and O–H groups in total. The van der Waals surface area contributed by atoms with E-state index in [9.17, 15) is 0 Å². The van der Waals surface area contributed by atoms with Crippen molar-refractivity contribution < 1.29 is 0 Å². The minimum Gasteiger partial charge on any atom is -0.303 e. The summed E-state index contributed by atoms with van der Waals surface area (Å²) >= 11 is 0. The van der Waals surface area contributed by atoms with Crippen LogP contribution in [0.1, 0.15) is 52.4 Å². The molecule has 1 saturated heterocycles. The maximum absolute atomic E-state index is 2.59. The van der Waals surface area contributed by atoms with Crippen LogP contribution in [0.15, 0.2) is 0 Å². The lowest BCUT2D eigenvalue weighted by molar-refractivity contribution is 0.120. The molecule has 1 aliphatic heterocycles. The Morgan fingerprint density at radius 2 is 2.08 bits per heavy atom. The molecule has 0 bridgehead atoms. The van der Waals surface area contributed by atoms with Crippen LogP contribution in [0.5, 0.6) is 0 Å². The Morgan fingerprint density at radius 3 is 2.62 bits per heavy atom. The lowest BCUT2D eigenvalue weighted by Crippen LogP contribution is -2.41. The minimum absolute atomic E-state index is 0.888. The largest absolute Gasteiger partial charge is 0.303 e. The van der Waals surface area contributed by atoms with Gasteiger partial charge in [-0.3, -0.25) is 0 Å². The molecule has 13 heavy (non-hydrogen) atoms. The van der Waals surface area contributed by atoms with Crippen molar-refractivity contribution in [2.45, 2.75) is 58.4 Å². The lowest BCUT2D eigenvalue weighted by Gasteiger charge is -2.37. The maximum atomic E-state index is 2.59. The van der Waals surface area contributed by atoms with Gasteiger partial charge in [-0.2, -0.15) is 0 Å². The average Bonchev–Trinajstić information content (AvgIpc) is 2.16. The van der Waals surface area contributed by atoms with Crippen LogP contribution < -0.4 is 0 Å². The third-order valence-corrected chi connectivity index (χ3v) is 3.55. The molecule has 2 atom stereocenters.